The first-order valence-corrected chi connectivity index (χ1v) is 7.89. The van der Waals surface area contributed by atoms with Crippen molar-refractivity contribution in [1.82, 2.24) is 15.5 Å². The molecule has 0 aliphatic carbocycles. The largest absolute Gasteiger partial charge is 0.368 e. The van der Waals surface area contributed by atoms with Gasteiger partial charge in [-0.25, -0.2) is 0 Å². The van der Waals surface area contributed by atoms with Crippen molar-refractivity contribution >= 4 is 17.2 Å². The molecule has 2 aromatic heterocycles. The van der Waals surface area contributed by atoms with Crippen LogP contribution < -0.4 is 5.32 Å². The third-order valence-electron chi connectivity index (χ3n) is 3.31. The Hall–Kier alpha value is -1.73. The Labute approximate surface area is 126 Å². The highest BCUT2D eigenvalue weighted by Crippen LogP contribution is 2.31. The maximum Gasteiger partial charge on any atom is 0.256 e. The summed E-state index contributed by atoms with van der Waals surface area (Å²) in [7, 11) is 0. The van der Waals surface area contributed by atoms with Gasteiger partial charge in [-0.2, -0.15) is 4.98 Å². The van der Waals surface area contributed by atoms with Crippen molar-refractivity contribution in [3.05, 3.63) is 22.9 Å². The monoisotopic (exact) mass is 307 g/mol. The Balaban J connectivity index is 1.66. The molecule has 1 saturated heterocycles. The lowest BCUT2D eigenvalue weighted by Crippen LogP contribution is -2.20. The van der Waals surface area contributed by atoms with Crippen LogP contribution >= 0.6 is 11.3 Å². The molecule has 3 rings (SSSR count). The van der Waals surface area contributed by atoms with Crippen LogP contribution in [0.1, 0.15) is 43.1 Å². The van der Waals surface area contributed by atoms with E-state index in [1.807, 2.05) is 19.1 Å². The van der Waals surface area contributed by atoms with E-state index in [1.54, 1.807) is 11.3 Å². The van der Waals surface area contributed by atoms with E-state index >= 15 is 0 Å². The van der Waals surface area contributed by atoms with E-state index in [1.165, 1.54) is 0 Å². The maximum absolute atomic E-state index is 11.3. The molecule has 6 nitrogen and oxygen atoms in total. The SMILES string of the molecule is CCC(=O)NCc1ccc(-c2noc([C@@H]3CCCO3)n2)s1. The van der Waals surface area contributed by atoms with E-state index in [0.717, 1.165) is 29.2 Å². The summed E-state index contributed by atoms with van der Waals surface area (Å²) >= 11 is 1.55. The molecule has 21 heavy (non-hydrogen) atoms. The third-order valence-corrected chi connectivity index (χ3v) is 4.39. The molecule has 1 N–H and O–H groups in total. The smallest absolute Gasteiger partial charge is 0.256 e. The topological polar surface area (TPSA) is 77.2 Å². The number of thiophene rings is 1. The van der Waals surface area contributed by atoms with E-state index in [9.17, 15) is 4.79 Å². The molecule has 0 aromatic carbocycles. The van der Waals surface area contributed by atoms with E-state index in [-0.39, 0.29) is 12.0 Å². The fraction of sp³-hybridized carbons (Fsp3) is 0.500. The van der Waals surface area contributed by atoms with Gasteiger partial charge in [0.15, 0.2) is 0 Å². The fourth-order valence-corrected chi connectivity index (χ4v) is 3.02. The van der Waals surface area contributed by atoms with E-state index < -0.39 is 0 Å². The molecular weight excluding hydrogens is 290 g/mol. The summed E-state index contributed by atoms with van der Waals surface area (Å²) in [4.78, 5) is 17.7. The van der Waals surface area contributed by atoms with Gasteiger partial charge in [0.25, 0.3) is 5.89 Å². The van der Waals surface area contributed by atoms with Crippen molar-refractivity contribution < 1.29 is 14.1 Å². The van der Waals surface area contributed by atoms with Gasteiger partial charge in [-0.1, -0.05) is 12.1 Å². The number of carbonyl (C=O) groups excluding carboxylic acids is 1. The number of aromatic nitrogens is 2. The van der Waals surface area contributed by atoms with Gasteiger partial charge in [-0.3, -0.25) is 4.79 Å². The van der Waals surface area contributed by atoms with Crippen LogP contribution in [0.25, 0.3) is 10.7 Å². The summed E-state index contributed by atoms with van der Waals surface area (Å²) in [5, 5.41) is 6.86. The summed E-state index contributed by atoms with van der Waals surface area (Å²) in [6.07, 6.45) is 2.39. The molecule has 0 spiro atoms. The van der Waals surface area contributed by atoms with Gasteiger partial charge in [-0.15, -0.1) is 11.3 Å². The molecule has 0 bridgehead atoms. The van der Waals surface area contributed by atoms with Gasteiger partial charge in [0.05, 0.1) is 11.4 Å². The normalized spacial score (nSPS) is 18.0. The van der Waals surface area contributed by atoms with Crippen LogP contribution in [0.4, 0.5) is 0 Å². The van der Waals surface area contributed by atoms with Crippen molar-refractivity contribution in [1.29, 1.82) is 0 Å². The first kappa shape index (κ1) is 14.2. The van der Waals surface area contributed by atoms with Gasteiger partial charge in [0, 0.05) is 17.9 Å². The quantitative estimate of drug-likeness (QED) is 0.919. The van der Waals surface area contributed by atoms with E-state index in [0.29, 0.717) is 24.7 Å². The van der Waals surface area contributed by atoms with Crippen LogP contribution in [-0.4, -0.2) is 22.7 Å². The van der Waals surface area contributed by atoms with Crippen LogP contribution in [0.5, 0.6) is 0 Å². The number of hydrogen-bond acceptors (Lipinski definition) is 6. The van der Waals surface area contributed by atoms with Crippen molar-refractivity contribution in [3.63, 3.8) is 0 Å². The minimum atomic E-state index is -0.0606. The summed E-state index contributed by atoms with van der Waals surface area (Å²) in [5.74, 6) is 1.18. The molecule has 2 aromatic rings. The second-order valence-corrected chi connectivity index (χ2v) is 6.02. The Morgan fingerprint density at radius 1 is 1.52 bits per heavy atom. The molecule has 0 unspecified atom stereocenters. The Morgan fingerprint density at radius 2 is 2.43 bits per heavy atom. The highest BCUT2D eigenvalue weighted by Gasteiger charge is 2.24. The van der Waals surface area contributed by atoms with Gasteiger partial charge >= 0.3 is 0 Å². The number of nitrogens with one attached hydrogen (secondary N) is 1. The predicted octanol–water partition coefficient (Wildman–Crippen LogP) is 2.68. The Morgan fingerprint density at radius 3 is 3.19 bits per heavy atom. The van der Waals surface area contributed by atoms with Crippen molar-refractivity contribution in [2.75, 3.05) is 6.61 Å². The molecular formula is C14H17N3O3S. The summed E-state index contributed by atoms with van der Waals surface area (Å²) in [5.41, 5.74) is 0. The van der Waals surface area contributed by atoms with E-state index in [4.69, 9.17) is 9.26 Å². The van der Waals surface area contributed by atoms with Crippen LogP contribution in [0, 0.1) is 0 Å². The number of rotatable bonds is 5. The first-order valence-electron chi connectivity index (χ1n) is 7.07. The van der Waals surface area contributed by atoms with Crippen molar-refractivity contribution in [3.8, 4) is 10.7 Å². The molecule has 1 fully saturated rings. The summed E-state index contributed by atoms with van der Waals surface area (Å²) in [6.45, 7) is 3.12. The highest BCUT2D eigenvalue weighted by atomic mass is 32.1. The minimum Gasteiger partial charge on any atom is -0.368 e. The molecule has 3 heterocycles. The van der Waals surface area contributed by atoms with E-state index in [2.05, 4.69) is 15.5 Å². The number of hydrogen-bond donors (Lipinski definition) is 1. The lowest BCUT2D eigenvalue weighted by Gasteiger charge is -2.00. The molecule has 1 amide bonds. The molecule has 0 radical (unpaired) electrons. The number of ether oxygens (including phenoxy) is 1. The molecule has 7 heteroatoms. The first-order chi connectivity index (χ1) is 10.3. The molecule has 0 saturated carbocycles. The van der Waals surface area contributed by atoms with Crippen molar-refractivity contribution in [2.45, 2.75) is 38.8 Å². The zero-order valence-electron chi connectivity index (χ0n) is 11.8. The summed E-state index contributed by atoms with van der Waals surface area (Å²) < 4.78 is 10.8. The Bertz CT molecular complexity index is 617. The van der Waals surface area contributed by atoms with Crippen LogP contribution in [-0.2, 0) is 16.1 Å². The average molecular weight is 307 g/mol. The number of nitrogens with zero attached hydrogens (tertiary/aromatic N) is 2. The second-order valence-electron chi connectivity index (χ2n) is 4.85. The van der Waals surface area contributed by atoms with Gasteiger partial charge in [-0.05, 0) is 25.0 Å². The average Bonchev–Trinajstić information content (AvgIpc) is 3.23. The van der Waals surface area contributed by atoms with Crippen LogP contribution in [0.3, 0.4) is 0 Å². The van der Waals surface area contributed by atoms with Crippen LogP contribution in [0.15, 0.2) is 16.7 Å². The van der Waals surface area contributed by atoms with Gasteiger partial charge in [0.2, 0.25) is 11.7 Å². The molecule has 112 valence electrons. The lowest BCUT2D eigenvalue weighted by molar-refractivity contribution is -0.120. The zero-order valence-corrected chi connectivity index (χ0v) is 12.6. The molecule has 1 aliphatic rings. The fourth-order valence-electron chi connectivity index (χ4n) is 2.14. The molecule has 1 aliphatic heterocycles. The Kier molecular flexibility index (Phi) is 4.31. The third kappa shape index (κ3) is 3.30. The highest BCUT2D eigenvalue weighted by molar-refractivity contribution is 7.15. The zero-order chi connectivity index (χ0) is 14.7. The summed E-state index contributed by atoms with van der Waals surface area (Å²) in [6, 6.07) is 3.92. The lowest BCUT2D eigenvalue weighted by atomic mass is 10.2. The number of carbonyl (C=O) groups is 1. The van der Waals surface area contributed by atoms with Crippen LogP contribution in [0.2, 0.25) is 0 Å². The second kappa shape index (κ2) is 6.36. The van der Waals surface area contributed by atoms with Gasteiger partial charge < -0.3 is 14.6 Å². The maximum atomic E-state index is 11.3. The number of amides is 1. The minimum absolute atomic E-state index is 0.0465. The van der Waals surface area contributed by atoms with Crippen molar-refractivity contribution in [2.24, 2.45) is 0 Å². The van der Waals surface area contributed by atoms with Gasteiger partial charge in [0.1, 0.15) is 6.10 Å². The predicted molar refractivity (Wildman–Crippen MR) is 77.7 cm³/mol. The standard InChI is InChI=1S/C14H17N3O3S/c1-2-12(18)15-8-9-5-6-11(21-9)13-16-14(20-17-13)10-4-3-7-19-10/h5-6,10H,2-4,7-8H2,1H3,(H,15,18)/t10-/m0/s1. The molecule has 1 atom stereocenters.